The average Bonchev–Trinajstić information content (AvgIpc) is 3.03. The van der Waals surface area contributed by atoms with Gasteiger partial charge < -0.3 is 28.6 Å². The number of carbonyl (C=O) groups excluding carboxylic acids is 3. The number of aliphatic carboxylic acids is 1. The quantitative estimate of drug-likeness (QED) is 0.0337. The monoisotopic (exact) mass is 671 g/mol. The molecule has 0 aromatic carbocycles. The normalized spacial score (nSPS) is 13.9. The number of ether oxygens (including phenoxy) is 3. The predicted octanol–water partition coefficient (Wildman–Crippen LogP) is 7.51. The van der Waals surface area contributed by atoms with Crippen LogP contribution in [0.15, 0.2) is 72.9 Å². The molecule has 0 N–H and O–H groups in total. The zero-order chi connectivity index (χ0) is 35.7. The van der Waals surface area contributed by atoms with E-state index < -0.39 is 24.1 Å². The van der Waals surface area contributed by atoms with Crippen molar-refractivity contribution in [2.75, 3.05) is 41.0 Å². The second-order valence-corrected chi connectivity index (χ2v) is 12.7. The lowest BCUT2D eigenvalue weighted by molar-refractivity contribution is -0.889. The highest BCUT2D eigenvalue weighted by Gasteiger charge is 2.25. The van der Waals surface area contributed by atoms with Crippen LogP contribution in [-0.2, 0) is 28.6 Å². The number of hydrogen-bond donors (Lipinski definition) is 0. The lowest BCUT2D eigenvalue weighted by atomic mass is 10.1. The number of carbonyl (C=O) groups is 3. The zero-order valence-corrected chi connectivity index (χ0v) is 30.6. The fourth-order valence-electron chi connectivity index (χ4n) is 4.53. The van der Waals surface area contributed by atoms with Gasteiger partial charge in [0.2, 0.25) is 0 Å². The van der Waals surface area contributed by atoms with Gasteiger partial charge >= 0.3 is 11.9 Å². The second kappa shape index (κ2) is 31.1. The first-order valence-electron chi connectivity index (χ1n) is 18.0. The van der Waals surface area contributed by atoms with E-state index in [0.717, 1.165) is 38.5 Å². The lowest BCUT2D eigenvalue weighted by Gasteiger charge is -2.34. The number of rotatable bonds is 30. The number of hydrogen-bond acceptors (Lipinski definition) is 7. The highest BCUT2D eigenvalue weighted by Crippen LogP contribution is 2.09. The molecule has 8 nitrogen and oxygen atoms in total. The van der Waals surface area contributed by atoms with Crippen LogP contribution >= 0.6 is 0 Å². The van der Waals surface area contributed by atoms with Gasteiger partial charge in [0.25, 0.3) is 0 Å². The van der Waals surface area contributed by atoms with E-state index in [1.165, 1.54) is 25.7 Å². The van der Waals surface area contributed by atoms with E-state index in [9.17, 15) is 19.5 Å². The summed E-state index contributed by atoms with van der Waals surface area (Å²) in [7, 11) is 5.34. The maximum absolute atomic E-state index is 12.5. The van der Waals surface area contributed by atoms with Crippen molar-refractivity contribution in [2.45, 2.75) is 122 Å². The SMILES string of the molecule is CC/C=C/C/C=C/CCC(=O)OC(COCCC(C(=O)[O-])[N+](C)(C)C)COC(=O)CCC/C=C/C/C=C/C/C=C/C/C=C/CCCCC. The van der Waals surface area contributed by atoms with Crippen molar-refractivity contribution in [1.82, 2.24) is 0 Å². The minimum absolute atomic E-state index is 0.00416. The largest absolute Gasteiger partial charge is 0.544 e. The van der Waals surface area contributed by atoms with E-state index >= 15 is 0 Å². The number of unbranched alkanes of at least 4 members (excludes halogenated alkanes) is 4. The Morgan fingerprint density at radius 3 is 1.73 bits per heavy atom. The molecule has 0 aliphatic rings. The van der Waals surface area contributed by atoms with Crippen molar-refractivity contribution >= 4 is 17.9 Å². The van der Waals surface area contributed by atoms with Gasteiger partial charge in [0, 0.05) is 19.3 Å². The Bertz CT molecular complexity index is 1020. The summed E-state index contributed by atoms with van der Waals surface area (Å²) in [5.41, 5.74) is 0. The molecule has 0 aliphatic heterocycles. The van der Waals surface area contributed by atoms with Crippen LogP contribution in [0.4, 0.5) is 0 Å². The molecular weight excluding hydrogens is 606 g/mol. The fraction of sp³-hybridized carbons (Fsp3) is 0.625. The van der Waals surface area contributed by atoms with Crippen molar-refractivity contribution in [1.29, 1.82) is 0 Å². The number of carboxylic acids is 1. The van der Waals surface area contributed by atoms with E-state index in [1.54, 1.807) is 21.1 Å². The van der Waals surface area contributed by atoms with Gasteiger partial charge in [0.05, 0.1) is 40.3 Å². The third kappa shape index (κ3) is 29.0. The standard InChI is InChI=1S/C40H65NO7/c1-6-8-10-12-14-15-16-17-18-19-20-21-22-23-25-26-28-30-38(42)47-35-36(34-46-33-32-37(40(44)45)41(3,4)5)48-39(43)31-29-27-24-13-11-9-7-2/h9,11,14-15,17-18,20-21,23-25,27,36-37H,6-8,10,12-13,16,19,22,26,28-35H2,1-5H3/b11-9+,15-14+,18-17+,21-20+,25-23+,27-24+. The Morgan fingerprint density at radius 2 is 1.19 bits per heavy atom. The molecule has 0 aromatic rings. The van der Waals surface area contributed by atoms with Crippen LogP contribution in [-0.4, -0.2) is 75.5 Å². The molecule has 0 amide bonds. The van der Waals surface area contributed by atoms with E-state index in [4.69, 9.17) is 14.2 Å². The topological polar surface area (TPSA) is 102 Å². The van der Waals surface area contributed by atoms with Crippen molar-refractivity contribution in [3.8, 4) is 0 Å². The summed E-state index contributed by atoms with van der Waals surface area (Å²) in [5, 5.41) is 11.5. The van der Waals surface area contributed by atoms with Gasteiger partial charge in [-0.15, -0.1) is 0 Å². The number of allylic oxidation sites excluding steroid dienone is 12. The van der Waals surface area contributed by atoms with E-state index in [-0.39, 0.29) is 49.5 Å². The summed E-state index contributed by atoms with van der Waals surface area (Å²) in [4.78, 5) is 36.4. The Labute approximate surface area is 291 Å². The van der Waals surface area contributed by atoms with Gasteiger partial charge in [-0.25, -0.2) is 0 Å². The molecule has 0 aliphatic carbocycles. The lowest BCUT2D eigenvalue weighted by Crippen LogP contribution is -2.55. The van der Waals surface area contributed by atoms with Crippen molar-refractivity contribution in [3.63, 3.8) is 0 Å². The van der Waals surface area contributed by atoms with Crippen LogP contribution in [0.1, 0.15) is 110 Å². The Balaban J connectivity index is 4.51. The van der Waals surface area contributed by atoms with Gasteiger partial charge in [-0.2, -0.15) is 0 Å². The van der Waals surface area contributed by atoms with Crippen molar-refractivity contribution in [2.24, 2.45) is 0 Å². The van der Waals surface area contributed by atoms with Crippen LogP contribution in [0.5, 0.6) is 0 Å². The molecule has 272 valence electrons. The smallest absolute Gasteiger partial charge is 0.306 e. The van der Waals surface area contributed by atoms with Crippen molar-refractivity contribution < 1.29 is 38.2 Å². The number of nitrogens with zero attached hydrogens (tertiary/aromatic N) is 1. The van der Waals surface area contributed by atoms with E-state index in [2.05, 4.69) is 74.6 Å². The first kappa shape index (κ1) is 44.8. The summed E-state index contributed by atoms with van der Waals surface area (Å²) < 4.78 is 16.8. The fourth-order valence-corrected chi connectivity index (χ4v) is 4.53. The Kier molecular flexibility index (Phi) is 29.0. The minimum atomic E-state index is -1.15. The molecule has 8 heteroatoms. The average molecular weight is 672 g/mol. The molecule has 0 heterocycles. The first-order valence-corrected chi connectivity index (χ1v) is 18.0. The molecule has 2 unspecified atom stereocenters. The van der Waals surface area contributed by atoms with Crippen LogP contribution < -0.4 is 5.11 Å². The van der Waals surface area contributed by atoms with Gasteiger partial charge in [0.1, 0.15) is 12.6 Å². The summed E-state index contributed by atoms with van der Waals surface area (Å²) >= 11 is 0. The molecule has 0 saturated carbocycles. The minimum Gasteiger partial charge on any atom is -0.544 e. The zero-order valence-electron chi connectivity index (χ0n) is 30.6. The van der Waals surface area contributed by atoms with Crippen LogP contribution in [0.2, 0.25) is 0 Å². The maximum atomic E-state index is 12.5. The van der Waals surface area contributed by atoms with E-state index in [1.807, 2.05) is 12.2 Å². The molecule has 0 spiro atoms. The molecule has 0 rings (SSSR count). The van der Waals surface area contributed by atoms with Gasteiger partial charge in [-0.3, -0.25) is 9.59 Å². The second-order valence-electron chi connectivity index (χ2n) is 12.7. The molecule has 2 atom stereocenters. The molecule has 48 heavy (non-hydrogen) atoms. The van der Waals surface area contributed by atoms with E-state index in [0.29, 0.717) is 12.8 Å². The third-order valence-corrected chi connectivity index (χ3v) is 7.34. The van der Waals surface area contributed by atoms with Gasteiger partial charge in [0.15, 0.2) is 6.10 Å². The summed E-state index contributed by atoms with van der Waals surface area (Å²) in [6.45, 7) is 4.31. The highest BCUT2D eigenvalue weighted by atomic mass is 16.6. The number of esters is 2. The number of quaternary nitrogens is 1. The van der Waals surface area contributed by atoms with Crippen LogP contribution in [0.25, 0.3) is 0 Å². The summed E-state index contributed by atoms with van der Waals surface area (Å²) in [6, 6.07) is -0.743. The molecule has 0 saturated heterocycles. The van der Waals surface area contributed by atoms with Crippen LogP contribution in [0, 0.1) is 0 Å². The number of carboxylic acid groups (broad SMARTS) is 1. The Morgan fingerprint density at radius 1 is 0.646 bits per heavy atom. The maximum Gasteiger partial charge on any atom is 0.306 e. The highest BCUT2D eigenvalue weighted by molar-refractivity contribution is 5.70. The molecule has 0 bridgehead atoms. The van der Waals surface area contributed by atoms with Gasteiger partial charge in [-0.1, -0.05) is 99.6 Å². The predicted molar refractivity (Wildman–Crippen MR) is 194 cm³/mol. The van der Waals surface area contributed by atoms with Gasteiger partial charge in [-0.05, 0) is 64.2 Å². The molecular formula is C40H65NO7. The molecule has 0 aromatic heterocycles. The summed E-state index contributed by atoms with van der Waals surface area (Å²) in [5.74, 6) is -1.92. The number of likely N-dealkylation sites (N-methyl/N-ethyl adjacent to an activating group) is 1. The molecule has 0 fully saturated rings. The van der Waals surface area contributed by atoms with Crippen LogP contribution in [0.3, 0.4) is 0 Å². The molecule has 0 radical (unpaired) electrons. The Hall–Kier alpha value is -3.23. The summed E-state index contributed by atoms with van der Waals surface area (Å²) in [6.07, 6.45) is 36.9. The first-order chi connectivity index (χ1) is 23.1. The third-order valence-electron chi connectivity index (χ3n) is 7.34. The van der Waals surface area contributed by atoms with Crippen molar-refractivity contribution in [3.05, 3.63) is 72.9 Å².